The van der Waals surface area contributed by atoms with Gasteiger partial charge in [-0.2, -0.15) is 0 Å². The zero-order chi connectivity index (χ0) is 11.6. The molecule has 1 heterocycles. The van der Waals surface area contributed by atoms with E-state index in [1.54, 1.807) is 0 Å². The van der Waals surface area contributed by atoms with Gasteiger partial charge in [0.05, 0.1) is 4.92 Å². The van der Waals surface area contributed by atoms with Gasteiger partial charge in [-0.3, -0.25) is 10.1 Å². The number of nitrogens with one attached hydrogen (secondary N) is 1. The van der Waals surface area contributed by atoms with E-state index in [2.05, 4.69) is 22.2 Å². The van der Waals surface area contributed by atoms with Crippen molar-refractivity contribution in [3.8, 4) is 0 Å². The molecule has 0 atom stereocenters. The van der Waals surface area contributed by atoms with Crippen LogP contribution < -0.4 is 5.32 Å². The minimum Gasteiger partial charge on any atom is -0.349 e. The van der Waals surface area contributed by atoms with Crippen LogP contribution in [-0.2, 0) is 0 Å². The molecule has 1 aliphatic carbocycles. The summed E-state index contributed by atoms with van der Waals surface area (Å²) in [5.74, 6) is 0.468. The van der Waals surface area contributed by atoms with Gasteiger partial charge in [0.2, 0.25) is 5.95 Å². The van der Waals surface area contributed by atoms with Crippen LogP contribution in [0.3, 0.4) is 0 Å². The van der Waals surface area contributed by atoms with E-state index in [1.807, 2.05) is 0 Å². The number of aromatic nitrogens is 2. The highest BCUT2D eigenvalue weighted by molar-refractivity contribution is 5.33. The molecule has 0 spiro atoms. The molecule has 1 N–H and O–H groups in total. The molecular weight excluding hydrogens is 208 g/mol. The molecule has 0 aliphatic heterocycles. The van der Waals surface area contributed by atoms with Crippen LogP contribution in [0.5, 0.6) is 0 Å². The second-order valence-electron chi connectivity index (χ2n) is 4.41. The van der Waals surface area contributed by atoms with E-state index in [0.29, 0.717) is 5.95 Å². The van der Waals surface area contributed by atoms with Crippen molar-refractivity contribution in [2.45, 2.75) is 38.1 Å². The Morgan fingerprint density at radius 1 is 1.38 bits per heavy atom. The summed E-state index contributed by atoms with van der Waals surface area (Å²) in [6.45, 7) is 2.13. The van der Waals surface area contributed by atoms with Gasteiger partial charge < -0.3 is 5.32 Å². The summed E-state index contributed by atoms with van der Waals surface area (Å²) >= 11 is 0. The van der Waals surface area contributed by atoms with Crippen LogP contribution in [0.15, 0.2) is 12.4 Å². The third-order valence-corrected chi connectivity index (χ3v) is 2.97. The highest BCUT2D eigenvalue weighted by Crippen LogP contribution is 2.31. The number of rotatable bonds is 3. The summed E-state index contributed by atoms with van der Waals surface area (Å²) in [6.07, 6.45) is 7.05. The maximum absolute atomic E-state index is 10.4. The highest BCUT2D eigenvalue weighted by Gasteiger charge is 2.29. The molecule has 1 fully saturated rings. The third-order valence-electron chi connectivity index (χ3n) is 2.97. The van der Waals surface area contributed by atoms with Crippen molar-refractivity contribution >= 4 is 11.6 Å². The summed E-state index contributed by atoms with van der Waals surface area (Å²) in [7, 11) is 0. The highest BCUT2D eigenvalue weighted by atomic mass is 16.6. The fourth-order valence-corrected chi connectivity index (χ4v) is 2.03. The van der Waals surface area contributed by atoms with Gasteiger partial charge in [-0.25, -0.2) is 9.97 Å². The first-order valence-corrected chi connectivity index (χ1v) is 5.34. The van der Waals surface area contributed by atoms with E-state index in [-0.39, 0.29) is 11.2 Å². The molecule has 0 amide bonds. The molecule has 0 aromatic carbocycles. The smallest absolute Gasteiger partial charge is 0.305 e. The fraction of sp³-hybridized carbons (Fsp3) is 0.600. The maximum atomic E-state index is 10.4. The number of hydrogen-bond donors (Lipinski definition) is 1. The Labute approximate surface area is 93.3 Å². The molecule has 1 aliphatic rings. The predicted octanol–water partition coefficient (Wildman–Crippen LogP) is 2.13. The lowest BCUT2D eigenvalue weighted by Crippen LogP contribution is -2.31. The summed E-state index contributed by atoms with van der Waals surface area (Å²) in [5, 5.41) is 13.7. The minimum absolute atomic E-state index is 0.0378. The van der Waals surface area contributed by atoms with E-state index in [9.17, 15) is 10.1 Å². The Balaban J connectivity index is 2.07. The standard InChI is InChI=1S/C10H14N4O2/c1-10(4-2-3-5-10)13-9-11-6-8(7-12-9)14(15)16/h6-7H,2-5H2,1H3,(H,11,12,13). The zero-order valence-corrected chi connectivity index (χ0v) is 9.14. The molecule has 1 aromatic heterocycles. The van der Waals surface area contributed by atoms with Crippen molar-refractivity contribution in [1.29, 1.82) is 0 Å². The Kier molecular flexibility index (Phi) is 2.72. The fourth-order valence-electron chi connectivity index (χ4n) is 2.03. The second-order valence-corrected chi connectivity index (χ2v) is 4.41. The van der Waals surface area contributed by atoms with Gasteiger partial charge in [-0.05, 0) is 19.8 Å². The van der Waals surface area contributed by atoms with E-state index in [4.69, 9.17) is 0 Å². The normalized spacial score (nSPS) is 18.3. The maximum Gasteiger partial charge on any atom is 0.305 e. The molecule has 2 rings (SSSR count). The summed E-state index contributed by atoms with van der Waals surface area (Å²) < 4.78 is 0. The van der Waals surface area contributed by atoms with Gasteiger partial charge >= 0.3 is 5.69 Å². The third kappa shape index (κ3) is 2.26. The molecule has 16 heavy (non-hydrogen) atoms. The Bertz CT molecular complexity index is 384. The van der Waals surface area contributed by atoms with Crippen LogP contribution in [-0.4, -0.2) is 20.4 Å². The van der Waals surface area contributed by atoms with Crippen LogP contribution in [0.1, 0.15) is 32.6 Å². The average Bonchev–Trinajstić information content (AvgIpc) is 2.65. The van der Waals surface area contributed by atoms with Crippen LogP contribution >= 0.6 is 0 Å². The largest absolute Gasteiger partial charge is 0.349 e. The molecular formula is C10H14N4O2. The van der Waals surface area contributed by atoms with Gasteiger partial charge in [0, 0.05) is 5.54 Å². The molecule has 0 saturated heterocycles. The molecule has 0 bridgehead atoms. The lowest BCUT2D eigenvalue weighted by Gasteiger charge is -2.24. The van der Waals surface area contributed by atoms with Gasteiger partial charge in [-0.1, -0.05) is 12.8 Å². The summed E-state index contributed by atoms with van der Waals surface area (Å²) in [6, 6.07) is 0. The van der Waals surface area contributed by atoms with Gasteiger partial charge in [0.1, 0.15) is 12.4 Å². The molecule has 1 aromatic rings. The number of nitro groups is 1. The molecule has 0 unspecified atom stereocenters. The van der Waals surface area contributed by atoms with Crippen LogP contribution in [0.2, 0.25) is 0 Å². The van der Waals surface area contributed by atoms with Crippen molar-refractivity contribution < 1.29 is 4.92 Å². The Hall–Kier alpha value is -1.72. The Morgan fingerprint density at radius 3 is 2.44 bits per heavy atom. The Morgan fingerprint density at radius 2 is 1.94 bits per heavy atom. The topological polar surface area (TPSA) is 81.0 Å². The average molecular weight is 222 g/mol. The van der Waals surface area contributed by atoms with E-state index in [1.165, 1.54) is 25.2 Å². The van der Waals surface area contributed by atoms with Crippen molar-refractivity contribution in [2.75, 3.05) is 5.32 Å². The van der Waals surface area contributed by atoms with Gasteiger partial charge in [0.15, 0.2) is 0 Å². The molecule has 1 saturated carbocycles. The van der Waals surface area contributed by atoms with Crippen molar-refractivity contribution in [1.82, 2.24) is 9.97 Å². The van der Waals surface area contributed by atoms with Crippen molar-refractivity contribution in [2.24, 2.45) is 0 Å². The summed E-state index contributed by atoms with van der Waals surface area (Å²) in [5.41, 5.74) is -0.0435. The SMILES string of the molecule is CC1(Nc2ncc([N+](=O)[O-])cn2)CCCC1. The van der Waals surface area contributed by atoms with Gasteiger partial charge in [-0.15, -0.1) is 0 Å². The minimum atomic E-state index is -0.499. The van der Waals surface area contributed by atoms with Crippen LogP contribution in [0.4, 0.5) is 11.6 Å². The second kappa shape index (κ2) is 4.03. The first kappa shape index (κ1) is 10.8. The zero-order valence-electron chi connectivity index (χ0n) is 9.14. The quantitative estimate of drug-likeness (QED) is 0.625. The van der Waals surface area contributed by atoms with Crippen molar-refractivity contribution in [3.63, 3.8) is 0 Å². The van der Waals surface area contributed by atoms with Crippen LogP contribution in [0, 0.1) is 10.1 Å². The predicted molar refractivity (Wildman–Crippen MR) is 59.2 cm³/mol. The van der Waals surface area contributed by atoms with Crippen LogP contribution in [0.25, 0.3) is 0 Å². The lowest BCUT2D eigenvalue weighted by molar-refractivity contribution is -0.385. The van der Waals surface area contributed by atoms with Crippen molar-refractivity contribution in [3.05, 3.63) is 22.5 Å². The molecule has 86 valence electrons. The first-order valence-electron chi connectivity index (χ1n) is 5.34. The number of nitrogens with zero attached hydrogens (tertiary/aromatic N) is 3. The first-order chi connectivity index (χ1) is 7.59. The molecule has 6 heteroatoms. The molecule has 0 radical (unpaired) electrons. The molecule has 6 nitrogen and oxygen atoms in total. The lowest BCUT2D eigenvalue weighted by atomic mass is 10.0. The van der Waals surface area contributed by atoms with E-state index >= 15 is 0 Å². The van der Waals surface area contributed by atoms with E-state index in [0.717, 1.165) is 12.8 Å². The summed E-state index contributed by atoms with van der Waals surface area (Å²) in [4.78, 5) is 17.8. The number of anilines is 1. The number of hydrogen-bond acceptors (Lipinski definition) is 5. The van der Waals surface area contributed by atoms with E-state index < -0.39 is 4.92 Å². The van der Waals surface area contributed by atoms with Gasteiger partial charge in [0.25, 0.3) is 0 Å². The monoisotopic (exact) mass is 222 g/mol.